The molecule has 0 saturated carbocycles. The lowest BCUT2D eigenvalue weighted by Gasteiger charge is -2.27. The fraction of sp³-hybridized carbons (Fsp3) is 0.364. The summed E-state index contributed by atoms with van der Waals surface area (Å²) in [6.07, 6.45) is 1.80. The fourth-order valence-corrected chi connectivity index (χ4v) is 2.58. The summed E-state index contributed by atoms with van der Waals surface area (Å²) < 4.78 is 10.4. The summed E-state index contributed by atoms with van der Waals surface area (Å²) in [6.45, 7) is 23.6. The van der Waals surface area contributed by atoms with Crippen molar-refractivity contribution in [1.82, 2.24) is 0 Å². The molecule has 2 unspecified atom stereocenters. The highest BCUT2D eigenvalue weighted by atomic mass is 16.6. The Morgan fingerprint density at radius 3 is 1.68 bits per heavy atom. The Hall–Kier alpha value is -3.97. The van der Waals surface area contributed by atoms with E-state index in [1.54, 1.807) is 66.7 Å². The zero-order valence-electron chi connectivity index (χ0n) is 25.1. The first-order chi connectivity index (χ1) is 19.1. The van der Waals surface area contributed by atoms with Crippen LogP contribution < -0.4 is 0 Å². The molecule has 0 spiro atoms. The minimum absolute atomic E-state index is 0.101. The quantitative estimate of drug-likeness (QED) is 0.135. The average Bonchev–Trinajstić information content (AvgIpc) is 3.01. The Morgan fingerprint density at radius 2 is 1.32 bits per heavy atom. The van der Waals surface area contributed by atoms with E-state index in [0.29, 0.717) is 17.5 Å². The summed E-state index contributed by atoms with van der Waals surface area (Å²) in [7, 11) is 0. The van der Waals surface area contributed by atoms with Gasteiger partial charge in [-0.3, -0.25) is 0 Å². The van der Waals surface area contributed by atoms with Crippen LogP contribution in [0.25, 0.3) is 0 Å². The number of allylic oxidation sites excluding steroid dienone is 1. The number of aliphatic hydroxyl groups is 1. The highest BCUT2D eigenvalue weighted by Gasteiger charge is 2.30. The lowest BCUT2D eigenvalue weighted by Crippen LogP contribution is -2.40. The molecule has 0 aliphatic rings. The molecule has 0 heterocycles. The largest absolute Gasteiger partial charge is 0.478 e. The molecular formula is C33H48O7. The second-order valence-corrected chi connectivity index (χ2v) is 7.60. The molecule has 0 aliphatic carbocycles. The molecule has 2 aromatic carbocycles. The maximum absolute atomic E-state index is 12.2. The number of benzene rings is 2. The summed E-state index contributed by atoms with van der Waals surface area (Å²) in [4.78, 5) is 34.0. The summed E-state index contributed by atoms with van der Waals surface area (Å²) in [5, 5.41) is 18.7. The minimum atomic E-state index is -1.13. The molecule has 7 nitrogen and oxygen atoms in total. The molecule has 3 atom stereocenters. The van der Waals surface area contributed by atoms with E-state index < -0.39 is 30.1 Å². The van der Waals surface area contributed by atoms with Crippen LogP contribution >= 0.6 is 0 Å². The second-order valence-electron chi connectivity index (χ2n) is 7.60. The van der Waals surface area contributed by atoms with Gasteiger partial charge in [-0.15, -0.1) is 6.58 Å². The van der Waals surface area contributed by atoms with Gasteiger partial charge in [0, 0.05) is 0 Å². The van der Waals surface area contributed by atoms with Crippen molar-refractivity contribution in [3.63, 3.8) is 0 Å². The molecule has 0 aliphatic heterocycles. The van der Waals surface area contributed by atoms with Crippen LogP contribution in [-0.2, 0) is 14.3 Å². The molecule has 222 valence electrons. The zero-order chi connectivity index (χ0) is 31.5. The molecular weight excluding hydrogens is 508 g/mol. The minimum Gasteiger partial charge on any atom is -0.478 e. The van der Waals surface area contributed by atoms with Crippen molar-refractivity contribution in [3.05, 3.63) is 109 Å². The molecule has 0 radical (unpaired) electrons. The number of ether oxygens (including phenoxy) is 2. The number of rotatable bonds is 10. The third-order valence-corrected chi connectivity index (χ3v) is 4.75. The van der Waals surface area contributed by atoms with Crippen LogP contribution in [0.5, 0.6) is 0 Å². The Bertz CT molecular complexity index is 969. The molecule has 2 N–H and O–H groups in total. The van der Waals surface area contributed by atoms with Crippen LogP contribution in [0.4, 0.5) is 0 Å². The number of carboxylic acids is 1. The van der Waals surface area contributed by atoms with Crippen LogP contribution in [0, 0.1) is 5.92 Å². The van der Waals surface area contributed by atoms with Gasteiger partial charge in [0.25, 0.3) is 0 Å². The van der Waals surface area contributed by atoms with Gasteiger partial charge in [0.05, 0.1) is 16.7 Å². The molecule has 2 rings (SSSR count). The van der Waals surface area contributed by atoms with Crippen molar-refractivity contribution in [2.75, 3.05) is 6.61 Å². The highest BCUT2D eigenvalue weighted by Crippen LogP contribution is 2.18. The third kappa shape index (κ3) is 18.3. The average molecular weight is 557 g/mol. The van der Waals surface area contributed by atoms with Crippen molar-refractivity contribution in [2.45, 2.75) is 67.1 Å². The van der Waals surface area contributed by atoms with E-state index in [1.807, 2.05) is 48.5 Å². The third-order valence-electron chi connectivity index (χ3n) is 4.75. The molecule has 2 aromatic rings. The number of hydrogen-bond donors (Lipinski definition) is 2. The van der Waals surface area contributed by atoms with Crippen molar-refractivity contribution in [1.29, 1.82) is 0 Å². The molecule has 40 heavy (non-hydrogen) atoms. The van der Waals surface area contributed by atoms with Crippen LogP contribution in [0.15, 0.2) is 98.1 Å². The number of esters is 2. The topological polar surface area (TPSA) is 110 Å². The molecule has 0 fully saturated rings. The van der Waals surface area contributed by atoms with Crippen LogP contribution in [0.1, 0.15) is 75.6 Å². The monoisotopic (exact) mass is 556 g/mol. The van der Waals surface area contributed by atoms with Gasteiger partial charge in [-0.2, -0.15) is 0 Å². The number of aromatic carboxylic acids is 1. The first-order valence-electron chi connectivity index (χ1n) is 13.4. The number of carboxylic acid groups (broad SMARTS) is 1. The SMILES string of the molecule is C=CC.C=CC(=C)C(=O)OCC(O)[C@@H](OC(=O)c1ccccc1)C(C)CC.CC.CC.O=C(O)c1ccccc1. The molecule has 7 heteroatoms. The first kappa shape index (κ1) is 40.5. The summed E-state index contributed by atoms with van der Waals surface area (Å²) in [6, 6.07) is 16.8. The maximum Gasteiger partial charge on any atom is 0.338 e. The van der Waals surface area contributed by atoms with E-state index in [2.05, 4.69) is 19.7 Å². The summed E-state index contributed by atoms with van der Waals surface area (Å²) in [5.41, 5.74) is 0.830. The fourth-order valence-electron chi connectivity index (χ4n) is 2.58. The standard InChI is InChI=1S/C19H24O5.C7H6O2.C3H6.2C2H6/c1-5-13(3)17(16(20)12-23-18(21)14(4)6-2)24-19(22)15-10-8-7-9-11-15;8-7(9)6-4-2-1-3-5-6;1-3-2;2*1-2/h6-11,13,16-17,20H,2,4-5,12H2,1,3H3;1-5H,(H,8,9);3H,1H2,2H3;2*1-2H3/t13?,16?,17-;;;;/m0..../s1. The number of hydrogen-bond acceptors (Lipinski definition) is 6. The zero-order valence-corrected chi connectivity index (χ0v) is 25.1. The van der Waals surface area contributed by atoms with Gasteiger partial charge in [0.15, 0.2) is 0 Å². The predicted octanol–water partition coefficient (Wildman–Crippen LogP) is 7.53. The van der Waals surface area contributed by atoms with Gasteiger partial charge < -0.3 is 19.7 Å². The summed E-state index contributed by atoms with van der Waals surface area (Å²) in [5.74, 6) is -2.17. The Kier molecular flexibility index (Phi) is 27.0. The van der Waals surface area contributed by atoms with E-state index in [1.165, 1.54) is 6.08 Å². The number of carbonyl (C=O) groups is 3. The molecule has 0 aromatic heterocycles. The van der Waals surface area contributed by atoms with Crippen molar-refractivity contribution < 1.29 is 34.1 Å². The van der Waals surface area contributed by atoms with Crippen molar-refractivity contribution in [2.24, 2.45) is 5.92 Å². The highest BCUT2D eigenvalue weighted by molar-refractivity contribution is 5.90. The van der Waals surface area contributed by atoms with Crippen molar-refractivity contribution in [3.8, 4) is 0 Å². The lowest BCUT2D eigenvalue weighted by molar-refractivity contribution is -0.145. The van der Waals surface area contributed by atoms with E-state index in [9.17, 15) is 19.5 Å². The van der Waals surface area contributed by atoms with E-state index in [4.69, 9.17) is 14.6 Å². The van der Waals surface area contributed by atoms with Gasteiger partial charge in [0.2, 0.25) is 0 Å². The second kappa shape index (κ2) is 26.6. The van der Waals surface area contributed by atoms with Gasteiger partial charge in [-0.25, -0.2) is 14.4 Å². The Morgan fingerprint density at radius 1 is 0.900 bits per heavy atom. The molecule has 0 saturated heterocycles. The van der Waals surface area contributed by atoms with Gasteiger partial charge in [-0.05, 0) is 43.5 Å². The molecule has 0 amide bonds. The van der Waals surface area contributed by atoms with E-state index >= 15 is 0 Å². The lowest BCUT2D eigenvalue weighted by atomic mass is 9.97. The number of carbonyl (C=O) groups excluding carboxylic acids is 2. The number of aliphatic hydroxyl groups excluding tert-OH is 1. The Balaban J connectivity index is -0.000000702. The van der Waals surface area contributed by atoms with Gasteiger partial charge in [0.1, 0.15) is 18.8 Å². The summed E-state index contributed by atoms with van der Waals surface area (Å²) >= 11 is 0. The van der Waals surface area contributed by atoms with Crippen LogP contribution in [0.3, 0.4) is 0 Å². The Labute approximate surface area is 240 Å². The first-order valence-corrected chi connectivity index (χ1v) is 13.4. The predicted molar refractivity (Wildman–Crippen MR) is 163 cm³/mol. The van der Waals surface area contributed by atoms with Gasteiger partial charge >= 0.3 is 17.9 Å². The van der Waals surface area contributed by atoms with Crippen LogP contribution in [0.2, 0.25) is 0 Å². The van der Waals surface area contributed by atoms with E-state index in [-0.39, 0.29) is 18.1 Å². The maximum atomic E-state index is 12.2. The molecule has 0 bridgehead atoms. The van der Waals surface area contributed by atoms with Gasteiger partial charge in [-0.1, -0.05) is 103 Å². The smallest absolute Gasteiger partial charge is 0.338 e. The van der Waals surface area contributed by atoms with Crippen molar-refractivity contribution >= 4 is 17.9 Å². The van der Waals surface area contributed by atoms with Crippen LogP contribution in [-0.4, -0.2) is 46.9 Å². The normalized spacial score (nSPS) is 11.1. The van der Waals surface area contributed by atoms with E-state index in [0.717, 1.165) is 0 Å².